The highest BCUT2D eigenvalue weighted by Crippen LogP contribution is 2.39. The lowest BCUT2D eigenvalue weighted by Gasteiger charge is -2.16. The molecule has 0 amide bonds. The van der Waals surface area contributed by atoms with Crippen LogP contribution >= 0.6 is 0 Å². The van der Waals surface area contributed by atoms with Crippen LogP contribution in [0.4, 0.5) is 0 Å². The minimum Gasteiger partial charge on any atom is -0.208 e. The Morgan fingerprint density at radius 3 is 1.19 bits per heavy atom. The fourth-order valence-electron chi connectivity index (χ4n) is 5.31. The summed E-state index contributed by atoms with van der Waals surface area (Å²) in [6.07, 6.45) is 0. The van der Waals surface area contributed by atoms with Crippen molar-refractivity contribution in [3.05, 3.63) is 164 Å². The van der Waals surface area contributed by atoms with Gasteiger partial charge in [-0.05, 0) is 39.4 Å². The van der Waals surface area contributed by atoms with Crippen LogP contribution in [0.25, 0.3) is 67.5 Å². The molecule has 7 aromatic rings. The third-order valence-corrected chi connectivity index (χ3v) is 7.35. The molecule has 1 heterocycles. The van der Waals surface area contributed by atoms with Crippen molar-refractivity contribution in [3.8, 4) is 67.5 Å². The number of rotatable bonds is 6. The van der Waals surface area contributed by atoms with Crippen LogP contribution in [-0.2, 0) is 0 Å². The Balaban J connectivity index is 1.50. The summed E-state index contributed by atoms with van der Waals surface area (Å²) in [5, 5.41) is 0. The van der Waals surface area contributed by atoms with Crippen molar-refractivity contribution in [2.45, 2.75) is 0 Å². The third kappa shape index (κ3) is 5.12. The summed E-state index contributed by atoms with van der Waals surface area (Å²) in [6, 6.07) is 56.2. The molecule has 0 N–H and O–H groups in total. The SMILES string of the molecule is c1ccc(-c2cccc(-c3nc(-c4ccccc4)nc(-c4c(-c5ccccc5)cccc4-c4ccccc4)n3)c2)cc1. The zero-order valence-corrected chi connectivity index (χ0v) is 22.9. The fourth-order valence-corrected chi connectivity index (χ4v) is 5.31. The van der Waals surface area contributed by atoms with Gasteiger partial charge in [0.25, 0.3) is 0 Å². The van der Waals surface area contributed by atoms with Gasteiger partial charge in [-0.15, -0.1) is 0 Å². The summed E-state index contributed by atoms with van der Waals surface area (Å²) in [6.45, 7) is 0. The Labute approximate surface area is 245 Å². The van der Waals surface area contributed by atoms with Crippen molar-refractivity contribution in [3.63, 3.8) is 0 Å². The fraction of sp³-hybridized carbons (Fsp3) is 0. The molecule has 0 bridgehead atoms. The summed E-state index contributed by atoms with van der Waals surface area (Å²) in [4.78, 5) is 15.3. The molecule has 0 aliphatic heterocycles. The second-order valence-corrected chi connectivity index (χ2v) is 10.1. The van der Waals surface area contributed by atoms with Gasteiger partial charge in [-0.2, -0.15) is 0 Å². The van der Waals surface area contributed by atoms with E-state index >= 15 is 0 Å². The minimum absolute atomic E-state index is 0.638. The van der Waals surface area contributed by atoms with Crippen molar-refractivity contribution in [1.29, 1.82) is 0 Å². The highest BCUT2D eigenvalue weighted by Gasteiger charge is 2.20. The first-order valence-corrected chi connectivity index (χ1v) is 14.0. The van der Waals surface area contributed by atoms with Gasteiger partial charge in [0.15, 0.2) is 17.5 Å². The molecule has 0 spiro atoms. The lowest BCUT2D eigenvalue weighted by atomic mass is 9.91. The van der Waals surface area contributed by atoms with E-state index in [9.17, 15) is 0 Å². The Morgan fingerprint density at radius 1 is 0.262 bits per heavy atom. The Bertz CT molecular complexity index is 1900. The molecular formula is C39H27N3. The standard InChI is InChI=1S/C39H27N3/c1-5-15-28(16-6-1)32-23-13-24-33(27-32)38-40-37(31-21-11-4-12-22-31)41-39(42-38)36-34(29-17-7-2-8-18-29)25-14-26-35(36)30-19-9-3-10-20-30/h1-27H. The molecule has 42 heavy (non-hydrogen) atoms. The van der Waals surface area contributed by atoms with Crippen molar-refractivity contribution in [2.24, 2.45) is 0 Å². The number of hydrogen-bond donors (Lipinski definition) is 0. The van der Waals surface area contributed by atoms with Crippen molar-refractivity contribution in [2.75, 3.05) is 0 Å². The lowest BCUT2D eigenvalue weighted by Crippen LogP contribution is -2.02. The van der Waals surface area contributed by atoms with Gasteiger partial charge < -0.3 is 0 Å². The molecule has 0 saturated carbocycles. The molecule has 0 atom stereocenters. The first-order valence-electron chi connectivity index (χ1n) is 14.0. The summed E-state index contributed by atoms with van der Waals surface area (Å²) in [5.41, 5.74) is 9.51. The molecule has 0 unspecified atom stereocenters. The lowest BCUT2D eigenvalue weighted by molar-refractivity contribution is 1.07. The van der Waals surface area contributed by atoms with E-state index < -0.39 is 0 Å². The van der Waals surface area contributed by atoms with Gasteiger partial charge in [0.2, 0.25) is 0 Å². The van der Waals surface area contributed by atoms with E-state index in [-0.39, 0.29) is 0 Å². The second-order valence-electron chi connectivity index (χ2n) is 10.1. The summed E-state index contributed by atoms with van der Waals surface area (Å²) in [5.74, 6) is 1.92. The van der Waals surface area contributed by atoms with Gasteiger partial charge >= 0.3 is 0 Å². The Morgan fingerprint density at radius 2 is 0.643 bits per heavy atom. The topological polar surface area (TPSA) is 38.7 Å². The average Bonchev–Trinajstić information content (AvgIpc) is 3.09. The molecule has 0 aliphatic rings. The minimum atomic E-state index is 0.638. The summed E-state index contributed by atoms with van der Waals surface area (Å²) < 4.78 is 0. The maximum atomic E-state index is 5.18. The molecule has 198 valence electrons. The van der Waals surface area contributed by atoms with Gasteiger partial charge in [-0.3, -0.25) is 0 Å². The van der Waals surface area contributed by atoms with Gasteiger partial charge in [-0.25, -0.2) is 15.0 Å². The van der Waals surface area contributed by atoms with Crippen LogP contribution in [-0.4, -0.2) is 15.0 Å². The normalized spacial score (nSPS) is 10.9. The van der Waals surface area contributed by atoms with Gasteiger partial charge in [0.1, 0.15) is 0 Å². The van der Waals surface area contributed by atoms with E-state index in [0.717, 1.165) is 50.1 Å². The largest absolute Gasteiger partial charge is 0.208 e. The Hall–Kier alpha value is -5.67. The molecule has 3 heteroatoms. The zero-order valence-electron chi connectivity index (χ0n) is 22.9. The van der Waals surface area contributed by atoms with Crippen LogP contribution in [0.1, 0.15) is 0 Å². The van der Waals surface area contributed by atoms with Gasteiger partial charge in [0, 0.05) is 16.7 Å². The maximum absolute atomic E-state index is 5.18. The third-order valence-electron chi connectivity index (χ3n) is 7.35. The van der Waals surface area contributed by atoms with Crippen LogP contribution in [0.3, 0.4) is 0 Å². The predicted octanol–water partition coefficient (Wildman–Crippen LogP) is 9.87. The smallest absolute Gasteiger partial charge is 0.165 e. The van der Waals surface area contributed by atoms with Crippen LogP contribution in [0, 0.1) is 0 Å². The first kappa shape index (κ1) is 25.3. The molecule has 0 saturated heterocycles. The molecule has 3 nitrogen and oxygen atoms in total. The van der Waals surface area contributed by atoms with E-state index in [1.807, 2.05) is 48.5 Å². The highest BCUT2D eigenvalue weighted by molar-refractivity contribution is 5.93. The number of benzene rings is 6. The maximum Gasteiger partial charge on any atom is 0.165 e. The van der Waals surface area contributed by atoms with Crippen LogP contribution < -0.4 is 0 Å². The van der Waals surface area contributed by atoms with Crippen LogP contribution in [0.5, 0.6) is 0 Å². The highest BCUT2D eigenvalue weighted by atomic mass is 15.0. The van der Waals surface area contributed by atoms with Crippen molar-refractivity contribution in [1.82, 2.24) is 15.0 Å². The molecule has 0 fully saturated rings. The van der Waals surface area contributed by atoms with E-state index in [1.165, 1.54) is 0 Å². The van der Waals surface area contributed by atoms with Gasteiger partial charge in [0.05, 0.1) is 0 Å². The average molecular weight is 538 g/mol. The van der Waals surface area contributed by atoms with E-state index in [2.05, 4.69) is 115 Å². The number of hydrogen-bond acceptors (Lipinski definition) is 3. The molecular weight excluding hydrogens is 510 g/mol. The number of nitrogens with zero attached hydrogens (tertiary/aromatic N) is 3. The van der Waals surface area contributed by atoms with E-state index in [0.29, 0.717) is 17.5 Å². The number of aromatic nitrogens is 3. The van der Waals surface area contributed by atoms with E-state index in [1.54, 1.807) is 0 Å². The second kappa shape index (κ2) is 11.4. The summed E-state index contributed by atoms with van der Waals surface area (Å²) >= 11 is 0. The summed E-state index contributed by atoms with van der Waals surface area (Å²) in [7, 11) is 0. The van der Waals surface area contributed by atoms with Crippen LogP contribution in [0.15, 0.2) is 164 Å². The monoisotopic (exact) mass is 537 g/mol. The Kier molecular flexibility index (Phi) is 6.89. The van der Waals surface area contributed by atoms with Gasteiger partial charge in [-0.1, -0.05) is 158 Å². The molecule has 7 rings (SSSR count). The van der Waals surface area contributed by atoms with Crippen LogP contribution in [0.2, 0.25) is 0 Å². The predicted molar refractivity (Wildman–Crippen MR) is 172 cm³/mol. The zero-order chi connectivity index (χ0) is 28.1. The molecule has 1 aromatic heterocycles. The molecule has 0 radical (unpaired) electrons. The van der Waals surface area contributed by atoms with E-state index in [4.69, 9.17) is 15.0 Å². The van der Waals surface area contributed by atoms with Crippen molar-refractivity contribution < 1.29 is 0 Å². The quantitative estimate of drug-likeness (QED) is 0.212. The first-order chi connectivity index (χ1) is 20.8. The van der Waals surface area contributed by atoms with Crippen molar-refractivity contribution >= 4 is 0 Å². The molecule has 0 aliphatic carbocycles. The molecule has 6 aromatic carbocycles.